The Morgan fingerprint density at radius 1 is 0.472 bits per heavy atom. The Labute approximate surface area is 447 Å². The summed E-state index contributed by atoms with van der Waals surface area (Å²) < 4.78 is 9.20. The van der Waals surface area contributed by atoms with Crippen molar-refractivity contribution in [1.29, 1.82) is 0 Å². The van der Waals surface area contributed by atoms with E-state index in [0.717, 1.165) is 55.9 Å². The van der Waals surface area contributed by atoms with Crippen LogP contribution in [0.2, 0.25) is 0 Å². The molecule has 9 rings (SSSR count). The normalized spacial score (nSPS) is 13.6. The summed E-state index contributed by atoms with van der Waals surface area (Å²) in [5.74, 6) is 2.10. The number of anilines is 4. The third-order valence-electron chi connectivity index (χ3n) is 14.3. The molecule has 1 aliphatic heterocycles. The van der Waals surface area contributed by atoms with Crippen LogP contribution in [0.1, 0.15) is 157 Å². The summed E-state index contributed by atoms with van der Waals surface area (Å²) in [5, 5.41) is 2.24. The Kier molecular flexibility index (Phi) is 14.3. The zero-order valence-electron chi connectivity index (χ0n) is 46.2. The van der Waals surface area contributed by atoms with Gasteiger partial charge in [-0.1, -0.05) is 178 Å². The van der Waals surface area contributed by atoms with Crippen molar-refractivity contribution in [3.8, 4) is 17.3 Å². The number of rotatable bonds is 7. The van der Waals surface area contributed by atoms with Crippen molar-refractivity contribution in [2.45, 2.75) is 150 Å². The predicted molar refractivity (Wildman–Crippen MR) is 303 cm³/mol. The van der Waals surface area contributed by atoms with Crippen LogP contribution in [0.5, 0.6) is 11.5 Å². The summed E-state index contributed by atoms with van der Waals surface area (Å²) in [6.07, 6.45) is 1.92. The van der Waals surface area contributed by atoms with Crippen LogP contribution in [0, 0.1) is 26.2 Å². The average Bonchev–Trinajstić information content (AvgIpc) is 3.83. The third kappa shape index (κ3) is 10.3. The van der Waals surface area contributed by atoms with E-state index in [1.54, 1.807) is 0 Å². The first-order chi connectivity index (χ1) is 32.6. The van der Waals surface area contributed by atoms with Crippen LogP contribution < -0.4 is 14.5 Å². The van der Waals surface area contributed by atoms with Crippen molar-refractivity contribution in [2.24, 2.45) is 0 Å². The van der Waals surface area contributed by atoms with Gasteiger partial charge in [0.1, 0.15) is 5.82 Å². The maximum atomic E-state index is 6.98. The molecule has 72 heavy (non-hydrogen) atoms. The second-order valence-corrected chi connectivity index (χ2v) is 25.3. The van der Waals surface area contributed by atoms with Gasteiger partial charge in [-0.25, -0.2) is 4.98 Å². The first-order valence-corrected chi connectivity index (χ1v) is 25.1. The van der Waals surface area contributed by atoms with Crippen LogP contribution in [-0.4, -0.2) is 9.55 Å². The van der Waals surface area contributed by atoms with E-state index in [4.69, 9.17) is 9.72 Å². The van der Waals surface area contributed by atoms with E-state index >= 15 is 0 Å². The van der Waals surface area contributed by atoms with Crippen molar-refractivity contribution in [3.05, 3.63) is 193 Å². The monoisotopic (exact) mass is 1140 g/mol. The van der Waals surface area contributed by atoms with Crippen molar-refractivity contribution < 1.29 is 25.8 Å². The number of hydrogen-bond donors (Lipinski definition) is 0. The fraction of sp³-hybridized carbons (Fsp3) is 0.348. The van der Waals surface area contributed by atoms with E-state index in [9.17, 15) is 0 Å². The molecule has 6 heteroatoms. The summed E-state index contributed by atoms with van der Waals surface area (Å²) in [5.41, 5.74) is 14.4. The van der Waals surface area contributed by atoms with Gasteiger partial charge in [0.25, 0.3) is 0 Å². The molecule has 0 fully saturated rings. The first kappa shape index (κ1) is 54.1. The minimum absolute atomic E-state index is 0. The molecular formula is C66H76N4OPt. The summed E-state index contributed by atoms with van der Waals surface area (Å²) in [4.78, 5) is 9.67. The Bertz CT molecular complexity index is 3270. The number of fused-ring (bicyclic) bond motifs is 4. The molecule has 1 aliphatic rings. The second kappa shape index (κ2) is 19.0. The van der Waals surface area contributed by atoms with Crippen molar-refractivity contribution >= 4 is 44.6 Å². The topological polar surface area (TPSA) is 33.5 Å². The molecule has 0 radical (unpaired) electrons. The number of hydrogen-bond acceptors (Lipinski definition) is 4. The Hall–Kier alpha value is -5.64. The van der Waals surface area contributed by atoms with Gasteiger partial charge in [0.15, 0.2) is 0 Å². The Morgan fingerprint density at radius 3 is 1.65 bits per heavy atom. The van der Waals surface area contributed by atoms with Gasteiger partial charge < -0.3 is 26.5 Å². The van der Waals surface area contributed by atoms with Crippen LogP contribution in [-0.2, 0) is 53.6 Å². The zero-order chi connectivity index (χ0) is 50.5. The van der Waals surface area contributed by atoms with Crippen molar-refractivity contribution in [1.82, 2.24) is 9.55 Å². The minimum atomic E-state index is -0.241. The van der Waals surface area contributed by atoms with E-state index in [0.29, 0.717) is 11.5 Å². The van der Waals surface area contributed by atoms with Gasteiger partial charge in [-0.15, -0.1) is 53.6 Å². The quantitative estimate of drug-likeness (QED) is 0.149. The Morgan fingerprint density at radius 2 is 1.04 bits per heavy atom. The molecule has 376 valence electrons. The van der Waals surface area contributed by atoms with E-state index in [1.807, 2.05) is 12.3 Å². The number of aromatic nitrogens is 2. The van der Waals surface area contributed by atoms with Gasteiger partial charge in [-0.05, 0) is 108 Å². The van der Waals surface area contributed by atoms with Crippen LogP contribution in [0.3, 0.4) is 0 Å². The van der Waals surface area contributed by atoms with Gasteiger partial charge in [-0.2, -0.15) is 6.07 Å². The van der Waals surface area contributed by atoms with Gasteiger partial charge in [0, 0.05) is 45.7 Å². The standard InChI is InChI=1S/C65H73N4O.CH3.Pt/c1-60(2,3)43-29-30-66-59(36-43)69-55-26-22-21-25-51(55)52-28-27-49(38-56(52)69)70-50-35-45(62(7,8)9)33-48(37-50)68-41-67(57-39-53(63(10,11)12)54(40-58(57)68)64(13,14)15)47-32-44(61(4,5)6)31-46(34-47)65(16,17)42-23-19-18-20-24-42;;/h18-36,39-41H,1-17H3;1H3;/q-3;-1;+4. The number of ether oxygens (including phenoxy) is 1. The summed E-state index contributed by atoms with van der Waals surface area (Å²) in [6, 6.07) is 52.0. The summed E-state index contributed by atoms with van der Waals surface area (Å²) in [7, 11) is 0. The zero-order valence-corrected chi connectivity index (χ0v) is 48.5. The molecule has 0 spiro atoms. The van der Waals surface area contributed by atoms with Crippen molar-refractivity contribution in [3.63, 3.8) is 0 Å². The second-order valence-electron chi connectivity index (χ2n) is 25.3. The van der Waals surface area contributed by atoms with Gasteiger partial charge in [0.2, 0.25) is 0 Å². The maximum absolute atomic E-state index is 6.98. The molecule has 3 heterocycles. The molecule has 0 atom stereocenters. The van der Waals surface area contributed by atoms with E-state index in [1.165, 1.54) is 33.4 Å². The maximum Gasteiger partial charge on any atom is 4.00 e. The van der Waals surface area contributed by atoms with Crippen LogP contribution in [0.15, 0.2) is 128 Å². The molecular weight excluding hydrogens is 1060 g/mol. The smallest absolute Gasteiger partial charge is 0.509 e. The van der Waals surface area contributed by atoms with Gasteiger partial charge >= 0.3 is 21.1 Å². The van der Waals surface area contributed by atoms with E-state index in [-0.39, 0.29) is 61.0 Å². The number of nitrogens with zero attached hydrogens (tertiary/aromatic N) is 4. The molecule has 6 aromatic carbocycles. The SMILES string of the molecule is CC(C)(C)c1cc(Oc2[c-]c3c(cc2)c2ccccc2n3-c2cc(C(C)(C)C)ccn2)[c-]c(N2[CH-]N(c3cc(C(C)(C)C)cc(C(C)(C)c4ccccc4)c3)c3cc(C(C)(C)C)c(C(C)(C)C)cc32)c1.[CH3-].[Pt+4]. The summed E-state index contributed by atoms with van der Waals surface area (Å²) in [6.45, 7) is 41.4. The third-order valence-corrected chi connectivity index (χ3v) is 14.3. The average molecular weight is 1140 g/mol. The van der Waals surface area contributed by atoms with Gasteiger partial charge in [0.05, 0.1) is 0 Å². The molecule has 0 unspecified atom stereocenters. The van der Waals surface area contributed by atoms with E-state index < -0.39 is 0 Å². The number of para-hydroxylation sites is 1. The minimum Gasteiger partial charge on any atom is -0.509 e. The number of pyridine rings is 1. The van der Waals surface area contributed by atoms with Gasteiger partial charge in [-0.3, -0.25) is 0 Å². The fourth-order valence-electron chi connectivity index (χ4n) is 9.85. The molecule has 0 amide bonds. The molecule has 0 saturated heterocycles. The van der Waals surface area contributed by atoms with Crippen LogP contribution >= 0.6 is 0 Å². The molecule has 0 bridgehead atoms. The fourth-order valence-corrected chi connectivity index (χ4v) is 9.85. The molecule has 0 saturated carbocycles. The van der Waals surface area contributed by atoms with Crippen molar-refractivity contribution in [2.75, 3.05) is 9.80 Å². The molecule has 0 N–H and O–H groups in total. The largest absolute Gasteiger partial charge is 4.00 e. The van der Waals surface area contributed by atoms with Crippen LogP contribution in [0.25, 0.3) is 27.6 Å². The molecule has 8 aromatic rings. The predicted octanol–water partition coefficient (Wildman–Crippen LogP) is 18.2. The van der Waals surface area contributed by atoms with Crippen LogP contribution in [0.4, 0.5) is 22.7 Å². The Balaban J connectivity index is 0.00000380. The summed E-state index contributed by atoms with van der Waals surface area (Å²) >= 11 is 0. The first-order valence-electron chi connectivity index (χ1n) is 25.1. The van der Waals surface area contributed by atoms with E-state index in [2.05, 4.69) is 266 Å². The molecule has 0 aliphatic carbocycles. The molecule has 2 aromatic heterocycles. The number of benzene rings is 6. The molecule has 5 nitrogen and oxygen atoms in total.